The maximum atomic E-state index is 14.2. The zero-order chi connectivity index (χ0) is 22.3. The number of amides is 2. The molecule has 160 valence electrons. The summed E-state index contributed by atoms with van der Waals surface area (Å²) in [6, 6.07) is 11.0. The van der Waals surface area contributed by atoms with Crippen LogP contribution in [0.15, 0.2) is 48.5 Å². The zero-order valence-electron chi connectivity index (χ0n) is 17.3. The number of carbonyl (C=O) groups is 2. The molecule has 0 aliphatic heterocycles. The van der Waals surface area contributed by atoms with Crippen molar-refractivity contribution in [1.29, 1.82) is 0 Å². The second-order valence-electron chi connectivity index (χ2n) is 7.17. The number of hydrogen-bond donors (Lipinski definition) is 1. The van der Waals surface area contributed by atoms with Crippen molar-refractivity contribution in [3.05, 3.63) is 75.6 Å². The predicted molar refractivity (Wildman–Crippen MR) is 111 cm³/mol. The molecule has 30 heavy (non-hydrogen) atoms. The summed E-state index contributed by atoms with van der Waals surface area (Å²) in [6.45, 7) is 5.21. The highest BCUT2D eigenvalue weighted by atomic mass is 19.1. The molecule has 1 N–H and O–H groups in total. The van der Waals surface area contributed by atoms with Gasteiger partial charge in [-0.05, 0) is 26.3 Å². The molecule has 0 radical (unpaired) electrons. The number of para-hydroxylation sites is 1. The highest BCUT2D eigenvalue weighted by Crippen LogP contribution is 2.21. The molecule has 0 aliphatic carbocycles. The molecule has 0 aliphatic rings. The van der Waals surface area contributed by atoms with E-state index >= 15 is 0 Å². The van der Waals surface area contributed by atoms with Gasteiger partial charge in [-0.15, -0.1) is 0 Å². The van der Waals surface area contributed by atoms with Gasteiger partial charge in [-0.25, -0.2) is 4.39 Å². The Morgan fingerprint density at radius 3 is 2.30 bits per heavy atom. The van der Waals surface area contributed by atoms with E-state index in [1.807, 2.05) is 13.8 Å². The summed E-state index contributed by atoms with van der Waals surface area (Å²) in [5.41, 5.74) is 0.325. The van der Waals surface area contributed by atoms with Gasteiger partial charge in [0.05, 0.1) is 11.3 Å². The summed E-state index contributed by atoms with van der Waals surface area (Å²) in [5, 5.41) is 14.1. The van der Waals surface area contributed by atoms with Gasteiger partial charge in [0.15, 0.2) is 0 Å². The standard InChI is InChI=1S/C22H26FN3O4/c1-4-15(2)24-22(28)16(3)25(14-18-10-5-7-11-19(18)23)21(27)13-17-9-6-8-12-20(17)26(29)30/h5-12,15-16H,4,13-14H2,1-3H3,(H,24,28)/t15-,16+/m1/s1. The number of nitrogens with zero attached hydrogens (tertiary/aromatic N) is 2. The zero-order valence-corrected chi connectivity index (χ0v) is 17.3. The third-order valence-electron chi connectivity index (χ3n) is 5.00. The van der Waals surface area contributed by atoms with Gasteiger partial charge in [0.2, 0.25) is 11.8 Å². The fraction of sp³-hybridized carbons (Fsp3) is 0.364. The molecule has 0 saturated heterocycles. The summed E-state index contributed by atoms with van der Waals surface area (Å²) >= 11 is 0. The minimum Gasteiger partial charge on any atom is -0.352 e. The number of halogens is 1. The quantitative estimate of drug-likeness (QED) is 0.500. The van der Waals surface area contributed by atoms with Crippen LogP contribution in [0.3, 0.4) is 0 Å². The maximum Gasteiger partial charge on any atom is 0.273 e. The first-order chi connectivity index (χ1) is 14.2. The number of nitro groups is 1. The van der Waals surface area contributed by atoms with E-state index in [-0.39, 0.29) is 41.7 Å². The van der Waals surface area contributed by atoms with Crippen LogP contribution in [0, 0.1) is 15.9 Å². The molecule has 2 atom stereocenters. The first-order valence-corrected chi connectivity index (χ1v) is 9.80. The molecule has 0 heterocycles. The smallest absolute Gasteiger partial charge is 0.273 e. The molecular formula is C22H26FN3O4. The van der Waals surface area contributed by atoms with Crippen molar-refractivity contribution in [2.75, 3.05) is 0 Å². The Labute approximate surface area is 175 Å². The van der Waals surface area contributed by atoms with E-state index in [1.54, 1.807) is 25.1 Å². The van der Waals surface area contributed by atoms with Crippen LogP contribution < -0.4 is 5.32 Å². The van der Waals surface area contributed by atoms with Crippen LogP contribution in [0.4, 0.5) is 10.1 Å². The fourth-order valence-corrected chi connectivity index (χ4v) is 2.96. The van der Waals surface area contributed by atoms with Crippen molar-refractivity contribution in [3.8, 4) is 0 Å². The van der Waals surface area contributed by atoms with E-state index < -0.39 is 22.7 Å². The molecule has 2 aromatic carbocycles. The fourth-order valence-electron chi connectivity index (χ4n) is 2.96. The minimum absolute atomic E-state index is 0.0828. The second-order valence-corrected chi connectivity index (χ2v) is 7.17. The van der Waals surface area contributed by atoms with Crippen LogP contribution in [0.1, 0.15) is 38.3 Å². The van der Waals surface area contributed by atoms with Gasteiger partial charge < -0.3 is 10.2 Å². The van der Waals surface area contributed by atoms with Crippen molar-refractivity contribution >= 4 is 17.5 Å². The van der Waals surface area contributed by atoms with E-state index in [0.717, 1.165) is 6.42 Å². The lowest BCUT2D eigenvalue weighted by Gasteiger charge is -2.30. The summed E-state index contributed by atoms with van der Waals surface area (Å²) in [5.74, 6) is -1.36. The van der Waals surface area contributed by atoms with Crippen LogP contribution in [0.2, 0.25) is 0 Å². The van der Waals surface area contributed by atoms with Gasteiger partial charge in [0.25, 0.3) is 5.69 Å². The molecule has 2 rings (SSSR count). The van der Waals surface area contributed by atoms with Crippen LogP contribution in [-0.2, 0) is 22.6 Å². The van der Waals surface area contributed by atoms with Gasteiger partial charge in [-0.2, -0.15) is 0 Å². The summed E-state index contributed by atoms with van der Waals surface area (Å²) in [7, 11) is 0. The predicted octanol–water partition coefficient (Wildman–Crippen LogP) is 3.61. The van der Waals surface area contributed by atoms with Gasteiger partial charge >= 0.3 is 0 Å². The Bertz CT molecular complexity index is 919. The molecule has 8 heteroatoms. The van der Waals surface area contributed by atoms with Gasteiger partial charge in [-0.3, -0.25) is 19.7 Å². The molecule has 2 aromatic rings. The molecule has 0 aromatic heterocycles. The van der Waals surface area contributed by atoms with E-state index in [4.69, 9.17) is 0 Å². The largest absolute Gasteiger partial charge is 0.352 e. The first-order valence-electron chi connectivity index (χ1n) is 9.80. The minimum atomic E-state index is -0.881. The highest BCUT2D eigenvalue weighted by molar-refractivity contribution is 5.88. The van der Waals surface area contributed by atoms with Gasteiger partial charge in [0.1, 0.15) is 11.9 Å². The van der Waals surface area contributed by atoms with Crippen molar-refractivity contribution < 1.29 is 18.9 Å². The Morgan fingerprint density at radius 1 is 1.10 bits per heavy atom. The number of rotatable bonds is 9. The lowest BCUT2D eigenvalue weighted by atomic mass is 10.1. The number of benzene rings is 2. The number of nitrogens with one attached hydrogen (secondary N) is 1. The summed E-state index contributed by atoms with van der Waals surface area (Å²) in [6.07, 6.45) is 0.447. The van der Waals surface area contributed by atoms with Crippen molar-refractivity contribution in [2.45, 2.75) is 52.2 Å². The Hall–Kier alpha value is -3.29. The topological polar surface area (TPSA) is 92.6 Å². The molecule has 0 spiro atoms. The molecule has 0 unspecified atom stereocenters. The van der Waals surface area contributed by atoms with Gasteiger partial charge in [0, 0.05) is 29.8 Å². The molecule has 7 nitrogen and oxygen atoms in total. The number of carbonyl (C=O) groups excluding carboxylic acids is 2. The van der Waals surface area contributed by atoms with Gasteiger partial charge in [-0.1, -0.05) is 43.3 Å². The first kappa shape index (κ1) is 23.0. The van der Waals surface area contributed by atoms with Crippen molar-refractivity contribution in [3.63, 3.8) is 0 Å². The number of hydrogen-bond acceptors (Lipinski definition) is 4. The molecule has 0 saturated carbocycles. The second kappa shape index (κ2) is 10.5. The van der Waals surface area contributed by atoms with Crippen LogP contribution >= 0.6 is 0 Å². The summed E-state index contributed by atoms with van der Waals surface area (Å²) < 4.78 is 14.2. The molecule has 0 bridgehead atoms. The van der Waals surface area contributed by atoms with Crippen molar-refractivity contribution in [1.82, 2.24) is 10.2 Å². The maximum absolute atomic E-state index is 14.2. The average Bonchev–Trinajstić information content (AvgIpc) is 2.72. The highest BCUT2D eigenvalue weighted by Gasteiger charge is 2.29. The van der Waals surface area contributed by atoms with E-state index in [1.165, 1.54) is 35.2 Å². The average molecular weight is 415 g/mol. The Kier molecular flexibility index (Phi) is 8.03. The van der Waals surface area contributed by atoms with E-state index in [2.05, 4.69) is 5.32 Å². The van der Waals surface area contributed by atoms with E-state index in [9.17, 15) is 24.1 Å². The number of nitro benzene ring substituents is 1. The monoisotopic (exact) mass is 415 g/mol. The van der Waals surface area contributed by atoms with E-state index in [0.29, 0.717) is 0 Å². The molecular weight excluding hydrogens is 389 g/mol. The SMILES string of the molecule is CC[C@@H](C)NC(=O)[C@H](C)N(Cc1ccccc1F)C(=O)Cc1ccccc1[N+](=O)[O-]. The van der Waals surface area contributed by atoms with Crippen LogP contribution in [0.5, 0.6) is 0 Å². The van der Waals surface area contributed by atoms with Crippen LogP contribution in [0.25, 0.3) is 0 Å². The molecule has 2 amide bonds. The molecule has 0 fully saturated rings. The van der Waals surface area contributed by atoms with Crippen LogP contribution in [-0.4, -0.2) is 33.7 Å². The third-order valence-corrected chi connectivity index (χ3v) is 5.00. The summed E-state index contributed by atoms with van der Waals surface area (Å²) in [4.78, 5) is 37.7. The Morgan fingerprint density at radius 2 is 1.70 bits per heavy atom. The Balaban J connectivity index is 2.32. The lowest BCUT2D eigenvalue weighted by Crippen LogP contribution is -2.50. The third kappa shape index (κ3) is 5.85. The normalized spacial score (nSPS) is 12.7. The van der Waals surface area contributed by atoms with Crippen molar-refractivity contribution in [2.24, 2.45) is 0 Å². The lowest BCUT2D eigenvalue weighted by molar-refractivity contribution is -0.385.